The summed E-state index contributed by atoms with van der Waals surface area (Å²) in [6.07, 6.45) is 0. The highest BCUT2D eigenvalue weighted by atomic mass is 32.2. The second-order valence-electron chi connectivity index (χ2n) is 5.23. The number of carbonyl (C=O) groups excluding carboxylic acids is 2. The summed E-state index contributed by atoms with van der Waals surface area (Å²) in [6.45, 7) is 3.95. The molecule has 0 spiro atoms. The van der Waals surface area contributed by atoms with E-state index < -0.39 is 0 Å². The van der Waals surface area contributed by atoms with Gasteiger partial charge in [-0.05, 0) is 37.6 Å². The molecule has 0 aliphatic carbocycles. The molecular formula is C19H21NO3S. The van der Waals surface area contributed by atoms with E-state index in [0.29, 0.717) is 17.9 Å². The number of thioether (sulfide) groups is 1. The summed E-state index contributed by atoms with van der Waals surface area (Å²) in [6, 6.07) is 16.8. The number of hydrogen-bond acceptors (Lipinski definition) is 4. The van der Waals surface area contributed by atoms with Gasteiger partial charge in [0.1, 0.15) is 0 Å². The van der Waals surface area contributed by atoms with Crippen LogP contribution < -0.4 is 5.32 Å². The number of anilines is 1. The molecule has 5 heteroatoms. The van der Waals surface area contributed by atoms with Crippen LogP contribution in [0.25, 0.3) is 0 Å². The highest BCUT2D eigenvalue weighted by Crippen LogP contribution is 2.20. The predicted octanol–water partition coefficient (Wildman–Crippen LogP) is 4.12. The van der Waals surface area contributed by atoms with Crippen molar-refractivity contribution in [2.75, 3.05) is 11.9 Å². The van der Waals surface area contributed by atoms with Crippen molar-refractivity contribution in [1.29, 1.82) is 0 Å². The van der Waals surface area contributed by atoms with Gasteiger partial charge >= 0.3 is 5.97 Å². The van der Waals surface area contributed by atoms with Crippen LogP contribution in [-0.4, -0.2) is 23.7 Å². The maximum atomic E-state index is 12.3. The van der Waals surface area contributed by atoms with Crippen LogP contribution in [0.1, 0.15) is 29.8 Å². The fraction of sp³-hybridized carbons (Fsp3) is 0.263. The minimum atomic E-state index is -0.389. The first-order valence-corrected chi connectivity index (χ1v) is 8.88. The Hall–Kier alpha value is -2.27. The van der Waals surface area contributed by atoms with Crippen molar-refractivity contribution in [2.24, 2.45) is 0 Å². The van der Waals surface area contributed by atoms with Gasteiger partial charge in [-0.25, -0.2) is 4.79 Å². The highest BCUT2D eigenvalue weighted by Gasteiger charge is 2.14. The minimum absolute atomic E-state index is 0.0862. The van der Waals surface area contributed by atoms with Gasteiger partial charge in [-0.3, -0.25) is 4.79 Å². The van der Waals surface area contributed by atoms with E-state index in [1.54, 1.807) is 43.0 Å². The Morgan fingerprint density at radius 1 is 1.12 bits per heavy atom. The van der Waals surface area contributed by atoms with Gasteiger partial charge in [-0.2, -0.15) is 0 Å². The molecule has 1 unspecified atom stereocenters. The van der Waals surface area contributed by atoms with Crippen LogP contribution in [0.3, 0.4) is 0 Å². The van der Waals surface area contributed by atoms with E-state index >= 15 is 0 Å². The number of carbonyl (C=O) groups is 2. The summed E-state index contributed by atoms with van der Waals surface area (Å²) in [4.78, 5) is 24.0. The van der Waals surface area contributed by atoms with E-state index in [1.165, 1.54) is 5.56 Å². The molecule has 2 aromatic rings. The van der Waals surface area contributed by atoms with Gasteiger partial charge in [-0.1, -0.05) is 36.4 Å². The van der Waals surface area contributed by atoms with E-state index in [-0.39, 0.29) is 17.1 Å². The van der Waals surface area contributed by atoms with Gasteiger partial charge in [0.05, 0.1) is 17.4 Å². The highest BCUT2D eigenvalue weighted by molar-refractivity contribution is 7.99. The summed E-state index contributed by atoms with van der Waals surface area (Å²) in [7, 11) is 0. The number of benzene rings is 2. The Kier molecular flexibility index (Phi) is 6.88. The summed E-state index contributed by atoms with van der Waals surface area (Å²) >= 11 is 1.57. The number of hydrogen-bond donors (Lipinski definition) is 1. The third kappa shape index (κ3) is 5.42. The van der Waals surface area contributed by atoms with Crippen LogP contribution in [0, 0.1) is 0 Å². The maximum absolute atomic E-state index is 12.3. The summed E-state index contributed by atoms with van der Waals surface area (Å²) in [5.74, 6) is 0.301. The first-order valence-electron chi connectivity index (χ1n) is 7.83. The smallest absolute Gasteiger partial charge is 0.338 e. The van der Waals surface area contributed by atoms with Crippen molar-refractivity contribution >= 4 is 29.3 Å². The van der Waals surface area contributed by atoms with Crippen molar-refractivity contribution in [2.45, 2.75) is 24.9 Å². The van der Waals surface area contributed by atoms with Crippen LogP contribution in [0.15, 0.2) is 54.6 Å². The third-order valence-corrected chi connectivity index (χ3v) is 4.57. The van der Waals surface area contributed by atoms with Crippen molar-refractivity contribution in [3.05, 3.63) is 65.7 Å². The Balaban J connectivity index is 1.91. The molecule has 0 aliphatic rings. The number of nitrogens with one attached hydrogen (secondary N) is 1. The molecule has 0 bridgehead atoms. The summed E-state index contributed by atoms with van der Waals surface area (Å²) in [5, 5.41) is 2.65. The van der Waals surface area contributed by atoms with Crippen LogP contribution in [0.4, 0.5) is 5.69 Å². The average molecular weight is 343 g/mol. The van der Waals surface area contributed by atoms with E-state index in [9.17, 15) is 9.59 Å². The van der Waals surface area contributed by atoms with Crippen molar-refractivity contribution in [3.63, 3.8) is 0 Å². The molecule has 0 aromatic heterocycles. The third-order valence-electron chi connectivity index (χ3n) is 3.35. The number of ether oxygens (including phenoxy) is 1. The van der Waals surface area contributed by atoms with Gasteiger partial charge in [0.2, 0.25) is 5.91 Å². The number of amides is 1. The molecule has 24 heavy (non-hydrogen) atoms. The van der Waals surface area contributed by atoms with E-state index in [2.05, 4.69) is 5.32 Å². The summed E-state index contributed by atoms with van der Waals surface area (Å²) in [5.41, 5.74) is 2.21. The molecule has 2 aromatic carbocycles. The SMILES string of the molecule is CCOC(=O)c1cccc(NC(=O)C(C)SCc2ccccc2)c1. The molecule has 1 atom stereocenters. The zero-order valence-corrected chi connectivity index (χ0v) is 14.6. The van der Waals surface area contributed by atoms with Crippen LogP contribution in [0.2, 0.25) is 0 Å². The van der Waals surface area contributed by atoms with E-state index in [1.807, 2.05) is 37.3 Å². The molecule has 2 rings (SSSR count). The summed E-state index contributed by atoms with van der Waals surface area (Å²) < 4.78 is 4.97. The van der Waals surface area contributed by atoms with Crippen molar-refractivity contribution < 1.29 is 14.3 Å². The topological polar surface area (TPSA) is 55.4 Å². The number of rotatable bonds is 7. The molecule has 1 N–H and O–H groups in total. The molecule has 126 valence electrons. The van der Waals surface area contributed by atoms with Gasteiger partial charge in [0.25, 0.3) is 0 Å². The zero-order valence-electron chi connectivity index (χ0n) is 13.8. The molecule has 1 amide bonds. The first-order chi connectivity index (χ1) is 11.6. The monoisotopic (exact) mass is 343 g/mol. The molecule has 0 saturated carbocycles. The number of esters is 1. The molecular weight excluding hydrogens is 322 g/mol. The molecule has 0 fully saturated rings. The van der Waals surface area contributed by atoms with E-state index in [4.69, 9.17) is 4.74 Å². The van der Waals surface area contributed by atoms with Crippen molar-refractivity contribution in [3.8, 4) is 0 Å². The van der Waals surface area contributed by atoms with Gasteiger partial charge < -0.3 is 10.1 Å². The maximum Gasteiger partial charge on any atom is 0.338 e. The average Bonchev–Trinajstić information content (AvgIpc) is 2.61. The zero-order chi connectivity index (χ0) is 17.4. The normalized spacial score (nSPS) is 11.6. The fourth-order valence-electron chi connectivity index (χ4n) is 2.05. The van der Waals surface area contributed by atoms with E-state index in [0.717, 1.165) is 5.75 Å². The molecule has 0 heterocycles. The molecule has 0 aliphatic heterocycles. The molecule has 0 saturated heterocycles. The molecule has 0 radical (unpaired) electrons. The lowest BCUT2D eigenvalue weighted by Gasteiger charge is -2.12. The van der Waals surface area contributed by atoms with Crippen LogP contribution in [0.5, 0.6) is 0 Å². The second-order valence-corrected chi connectivity index (χ2v) is 6.56. The second kappa shape index (κ2) is 9.13. The fourth-order valence-corrected chi connectivity index (χ4v) is 2.90. The minimum Gasteiger partial charge on any atom is -0.462 e. The largest absolute Gasteiger partial charge is 0.462 e. The molecule has 4 nitrogen and oxygen atoms in total. The van der Waals surface area contributed by atoms with Gasteiger partial charge in [0, 0.05) is 11.4 Å². The lowest BCUT2D eigenvalue weighted by molar-refractivity contribution is -0.115. The lowest BCUT2D eigenvalue weighted by Crippen LogP contribution is -2.22. The predicted molar refractivity (Wildman–Crippen MR) is 98.2 cm³/mol. The Morgan fingerprint density at radius 2 is 1.88 bits per heavy atom. The Labute approximate surface area is 146 Å². The Morgan fingerprint density at radius 3 is 2.58 bits per heavy atom. The lowest BCUT2D eigenvalue weighted by atomic mass is 10.2. The first kappa shape index (κ1) is 18.1. The van der Waals surface area contributed by atoms with Gasteiger partial charge in [0.15, 0.2) is 0 Å². The van der Waals surface area contributed by atoms with Gasteiger partial charge in [-0.15, -0.1) is 11.8 Å². The van der Waals surface area contributed by atoms with Crippen molar-refractivity contribution in [1.82, 2.24) is 0 Å². The van der Waals surface area contributed by atoms with Crippen LogP contribution >= 0.6 is 11.8 Å². The van der Waals surface area contributed by atoms with Crippen LogP contribution in [-0.2, 0) is 15.3 Å². The quantitative estimate of drug-likeness (QED) is 0.768. The Bertz CT molecular complexity index is 688. The standard InChI is InChI=1S/C19H21NO3S/c1-3-23-19(22)16-10-7-11-17(12-16)20-18(21)14(2)24-13-15-8-5-4-6-9-15/h4-12,14H,3,13H2,1-2H3,(H,20,21).